The van der Waals surface area contributed by atoms with Crippen LogP contribution in [0.25, 0.3) is 0 Å². The quantitative estimate of drug-likeness (QED) is 0.866. The molecule has 1 aliphatic rings. The SMILES string of the molecule is CC(C)(C)n1cc(CNc2cccnc2N2CCC(CO)CC2)nn1. The molecular formula is C18H28N6O. The maximum absolute atomic E-state index is 9.31. The van der Waals surface area contributed by atoms with Gasteiger partial charge >= 0.3 is 0 Å². The summed E-state index contributed by atoms with van der Waals surface area (Å²) in [6, 6.07) is 3.99. The fraction of sp³-hybridized carbons (Fsp3) is 0.611. The summed E-state index contributed by atoms with van der Waals surface area (Å²) in [5.74, 6) is 1.39. The van der Waals surface area contributed by atoms with Crippen molar-refractivity contribution in [2.75, 3.05) is 29.9 Å². The highest BCUT2D eigenvalue weighted by molar-refractivity contribution is 5.65. The number of hydrogen-bond acceptors (Lipinski definition) is 6. The van der Waals surface area contributed by atoms with Gasteiger partial charge in [0.05, 0.1) is 24.0 Å². The summed E-state index contributed by atoms with van der Waals surface area (Å²) in [5, 5.41) is 21.2. The molecule has 0 amide bonds. The van der Waals surface area contributed by atoms with Crippen LogP contribution in [-0.2, 0) is 12.1 Å². The summed E-state index contributed by atoms with van der Waals surface area (Å²) >= 11 is 0. The van der Waals surface area contributed by atoms with Crippen LogP contribution in [0.3, 0.4) is 0 Å². The Hall–Kier alpha value is -2.15. The number of anilines is 2. The van der Waals surface area contributed by atoms with Crippen LogP contribution in [0.15, 0.2) is 24.5 Å². The number of aliphatic hydroxyl groups is 1. The Morgan fingerprint density at radius 2 is 2.04 bits per heavy atom. The maximum atomic E-state index is 9.31. The minimum Gasteiger partial charge on any atom is -0.396 e. The third kappa shape index (κ3) is 4.28. The van der Waals surface area contributed by atoms with E-state index in [-0.39, 0.29) is 12.1 Å². The molecule has 2 aromatic heterocycles. The summed E-state index contributed by atoms with van der Waals surface area (Å²) in [5.41, 5.74) is 1.85. The first kappa shape index (κ1) is 17.7. The third-order valence-electron chi connectivity index (χ3n) is 4.65. The highest BCUT2D eigenvalue weighted by Gasteiger charge is 2.21. The summed E-state index contributed by atoms with van der Waals surface area (Å²) in [6.07, 6.45) is 5.82. The molecule has 25 heavy (non-hydrogen) atoms. The van der Waals surface area contributed by atoms with E-state index in [1.165, 1.54) is 0 Å². The van der Waals surface area contributed by atoms with Crippen molar-refractivity contribution in [1.29, 1.82) is 0 Å². The number of nitrogens with zero attached hydrogens (tertiary/aromatic N) is 5. The molecule has 136 valence electrons. The van der Waals surface area contributed by atoms with Gasteiger partial charge in [-0.1, -0.05) is 5.21 Å². The van der Waals surface area contributed by atoms with Gasteiger partial charge in [-0.3, -0.25) is 0 Å². The number of nitrogens with one attached hydrogen (secondary N) is 1. The van der Waals surface area contributed by atoms with Crippen molar-refractivity contribution in [2.45, 2.75) is 45.7 Å². The highest BCUT2D eigenvalue weighted by atomic mass is 16.3. The largest absolute Gasteiger partial charge is 0.396 e. The number of aliphatic hydroxyl groups excluding tert-OH is 1. The first-order valence-electron chi connectivity index (χ1n) is 8.94. The Morgan fingerprint density at radius 1 is 1.28 bits per heavy atom. The lowest BCUT2D eigenvalue weighted by atomic mass is 9.98. The van der Waals surface area contributed by atoms with Crippen LogP contribution in [0.4, 0.5) is 11.5 Å². The van der Waals surface area contributed by atoms with Crippen molar-refractivity contribution in [3.05, 3.63) is 30.2 Å². The van der Waals surface area contributed by atoms with Crippen molar-refractivity contribution in [3.8, 4) is 0 Å². The molecule has 7 nitrogen and oxygen atoms in total. The molecule has 1 aliphatic heterocycles. The second-order valence-electron chi connectivity index (χ2n) is 7.67. The molecule has 0 saturated carbocycles. The molecule has 0 aromatic carbocycles. The predicted octanol–water partition coefficient (Wildman–Crippen LogP) is 2.25. The van der Waals surface area contributed by atoms with E-state index in [4.69, 9.17) is 0 Å². The van der Waals surface area contributed by atoms with E-state index in [2.05, 4.69) is 52.4 Å². The van der Waals surface area contributed by atoms with Crippen LogP contribution in [0.5, 0.6) is 0 Å². The Kier molecular flexibility index (Phi) is 5.22. The molecule has 1 fully saturated rings. The molecule has 3 heterocycles. The Labute approximate surface area is 149 Å². The molecule has 0 bridgehead atoms. The normalized spacial score (nSPS) is 16.2. The van der Waals surface area contributed by atoms with E-state index in [9.17, 15) is 5.11 Å². The van der Waals surface area contributed by atoms with Gasteiger partial charge in [-0.2, -0.15) is 0 Å². The topological polar surface area (TPSA) is 79.1 Å². The van der Waals surface area contributed by atoms with Gasteiger partial charge in [-0.15, -0.1) is 5.10 Å². The predicted molar refractivity (Wildman–Crippen MR) is 98.6 cm³/mol. The molecule has 7 heteroatoms. The van der Waals surface area contributed by atoms with Gasteiger partial charge in [0.1, 0.15) is 5.69 Å². The average Bonchev–Trinajstić information content (AvgIpc) is 3.10. The van der Waals surface area contributed by atoms with E-state index in [0.717, 1.165) is 43.1 Å². The average molecular weight is 344 g/mol. The molecular weight excluding hydrogens is 316 g/mol. The number of aromatic nitrogens is 4. The Balaban J connectivity index is 1.66. The summed E-state index contributed by atoms with van der Waals surface area (Å²) in [6.45, 7) is 9.07. The van der Waals surface area contributed by atoms with Crippen LogP contribution in [0, 0.1) is 5.92 Å². The molecule has 3 rings (SSSR count). The van der Waals surface area contributed by atoms with Gasteiger partial charge in [-0.25, -0.2) is 9.67 Å². The first-order chi connectivity index (χ1) is 12.0. The molecule has 0 unspecified atom stereocenters. The lowest BCUT2D eigenvalue weighted by molar-refractivity contribution is 0.203. The third-order valence-corrected chi connectivity index (χ3v) is 4.65. The van der Waals surface area contributed by atoms with Crippen LogP contribution in [0.1, 0.15) is 39.3 Å². The zero-order valence-electron chi connectivity index (χ0n) is 15.3. The lowest BCUT2D eigenvalue weighted by Gasteiger charge is -2.33. The highest BCUT2D eigenvalue weighted by Crippen LogP contribution is 2.27. The van der Waals surface area contributed by atoms with Gasteiger partial charge in [0.2, 0.25) is 0 Å². The monoisotopic (exact) mass is 344 g/mol. The minimum atomic E-state index is -0.0677. The second kappa shape index (κ2) is 7.39. The van der Waals surface area contributed by atoms with Crippen molar-refractivity contribution in [1.82, 2.24) is 20.0 Å². The van der Waals surface area contributed by atoms with Gasteiger partial charge in [0.15, 0.2) is 5.82 Å². The molecule has 2 aromatic rings. The molecule has 1 saturated heterocycles. The summed E-state index contributed by atoms with van der Waals surface area (Å²) < 4.78 is 1.88. The van der Waals surface area contributed by atoms with Crippen LogP contribution in [0.2, 0.25) is 0 Å². The van der Waals surface area contributed by atoms with E-state index in [1.807, 2.05) is 23.1 Å². The van der Waals surface area contributed by atoms with Gasteiger partial charge < -0.3 is 15.3 Å². The van der Waals surface area contributed by atoms with Gasteiger partial charge in [0.25, 0.3) is 0 Å². The molecule has 0 spiro atoms. The molecule has 0 radical (unpaired) electrons. The smallest absolute Gasteiger partial charge is 0.151 e. The standard InChI is InChI=1S/C18H28N6O/c1-18(2,3)24-12-15(21-22-24)11-20-16-5-4-8-19-17(16)23-9-6-14(13-25)7-10-23/h4-5,8,12,14,20,25H,6-7,9-11,13H2,1-3H3. The number of piperidine rings is 1. The van der Waals surface area contributed by atoms with Crippen LogP contribution >= 0.6 is 0 Å². The van der Waals surface area contributed by atoms with Crippen molar-refractivity contribution in [3.63, 3.8) is 0 Å². The number of rotatable bonds is 5. The van der Waals surface area contributed by atoms with E-state index in [1.54, 1.807) is 0 Å². The van der Waals surface area contributed by atoms with Gasteiger partial charge in [0, 0.05) is 25.9 Å². The van der Waals surface area contributed by atoms with Crippen molar-refractivity contribution >= 4 is 11.5 Å². The Bertz CT molecular complexity index is 685. The number of hydrogen-bond donors (Lipinski definition) is 2. The molecule has 0 atom stereocenters. The first-order valence-corrected chi connectivity index (χ1v) is 8.94. The van der Waals surface area contributed by atoms with Crippen LogP contribution < -0.4 is 10.2 Å². The van der Waals surface area contributed by atoms with Gasteiger partial charge in [-0.05, 0) is 51.7 Å². The minimum absolute atomic E-state index is 0.0677. The van der Waals surface area contributed by atoms with Crippen molar-refractivity contribution in [2.24, 2.45) is 5.92 Å². The van der Waals surface area contributed by atoms with Crippen molar-refractivity contribution < 1.29 is 5.11 Å². The summed E-state index contributed by atoms with van der Waals surface area (Å²) in [4.78, 5) is 6.86. The zero-order valence-corrected chi connectivity index (χ0v) is 15.3. The van der Waals surface area contributed by atoms with E-state index >= 15 is 0 Å². The Morgan fingerprint density at radius 3 is 2.68 bits per heavy atom. The summed E-state index contributed by atoms with van der Waals surface area (Å²) in [7, 11) is 0. The fourth-order valence-corrected chi connectivity index (χ4v) is 3.01. The van der Waals surface area contributed by atoms with E-state index in [0.29, 0.717) is 12.5 Å². The molecule has 2 N–H and O–H groups in total. The number of pyridine rings is 1. The second-order valence-corrected chi connectivity index (χ2v) is 7.67. The van der Waals surface area contributed by atoms with Crippen LogP contribution in [-0.4, -0.2) is 44.8 Å². The molecule has 0 aliphatic carbocycles. The maximum Gasteiger partial charge on any atom is 0.151 e. The zero-order chi connectivity index (χ0) is 17.9. The van der Waals surface area contributed by atoms with E-state index < -0.39 is 0 Å². The lowest BCUT2D eigenvalue weighted by Crippen LogP contribution is -2.35. The fourth-order valence-electron chi connectivity index (χ4n) is 3.01.